The van der Waals surface area contributed by atoms with Gasteiger partial charge in [-0.1, -0.05) is 93.5 Å². The maximum Gasteiger partial charge on any atom is 0.266 e. The number of nitrogens with zero attached hydrogens (tertiary/aromatic N) is 1. The molecule has 0 radical (unpaired) electrons. The number of aromatic hydroxyl groups is 2. The van der Waals surface area contributed by atoms with Gasteiger partial charge in [0.2, 0.25) is 11.8 Å². The van der Waals surface area contributed by atoms with Gasteiger partial charge >= 0.3 is 0 Å². The quantitative estimate of drug-likeness (QED) is 0.0232. The van der Waals surface area contributed by atoms with Crippen LogP contribution in [0.3, 0.4) is 0 Å². The van der Waals surface area contributed by atoms with Crippen LogP contribution in [-0.2, 0) is 26.3 Å². The lowest BCUT2D eigenvalue weighted by atomic mass is 9.77. The Labute approximate surface area is 341 Å². The second-order valence-electron chi connectivity index (χ2n) is 15.1. The predicted molar refractivity (Wildman–Crippen MR) is 223 cm³/mol. The van der Waals surface area contributed by atoms with Gasteiger partial charge in [-0.25, -0.2) is 4.39 Å². The van der Waals surface area contributed by atoms with Gasteiger partial charge in [-0.15, -0.1) is 0 Å². The van der Waals surface area contributed by atoms with Gasteiger partial charge in [0.15, 0.2) is 0 Å². The first-order chi connectivity index (χ1) is 27.9. The number of halogens is 1. The van der Waals surface area contributed by atoms with Crippen LogP contribution in [0.15, 0.2) is 91.0 Å². The maximum absolute atomic E-state index is 13.8. The highest BCUT2D eigenvalue weighted by Crippen LogP contribution is 2.49. The Bertz CT molecular complexity index is 2050. The van der Waals surface area contributed by atoms with Crippen molar-refractivity contribution in [2.75, 3.05) is 23.7 Å². The fourth-order valence-electron chi connectivity index (χ4n) is 7.48. The number of hydrogen-bond donors (Lipinski definition) is 6. The highest BCUT2D eigenvalue weighted by molar-refractivity contribution is 7.85. The molecule has 4 aromatic carbocycles. The Morgan fingerprint density at radius 3 is 2.10 bits per heavy atom. The van der Waals surface area contributed by atoms with E-state index in [4.69, 9.17) is 4.55 Å². The second-order valence-corrected chi connectivity index (χ2v) is 16.7. The molecule has 1 aliphatic heterocycles. The smallest absolute Gasteiger partial charge is 0.266 e. The van der Waals surface area contributed by atoms with E-state index in [-0.39, 0.29) is 42.0 Å². The SMILES string of the molecule is O=C(CCCCCCCCCCCNCCS(=O)(=O)O)NCc1ccc(N2C(=O)[C@H](CC[C@H](O)c3ccc(F)cc3)[C@H]2c2ccc(-c3cccc(O)c3)cc2O)cc1. The summed E-state index contributed by atoms with van der Waals surface area (Å²) < 4.78 is 43.6. The number of phenolic OH excluding ortho intramolecular Hbond substituents is 2. The van der Waals surface area contributed by atoms with E-state index < -0.39 is 34.0 Å². The molecule has 6 N–H and O–H groups in total. The summed E-state index contributed by atoms with van der Waals surface area (Å²) in [5.74, 6) is -1.24. The van der Waals surface area contributed by atoms with Crippen molar-refractivity contribution < 1.29 is 42.3 Å². The lowest BCUT2D eigenvalue weighted by molar-refractivity contribution is -0.131. The molecule has 0 unspecified atom stereocenters. The van der Waals surface area contributed by atoms with Crippen molar-refractivity contribution in [2.45, 2.75) is 95.7 Å². The van der Waals surface area contributed by atoms with E-state index >= 15 is 0 Å². The topological polar surface area (TPSA) is 176 Å². The van der Waals surface area contributed by atoms with E-state index in [1.165, 1.54) is 24.3 Å². The number of unbranched alkanes of at least 4 members (excludes halogenated alkanes) is 8. The van der Waals surface area contributed by atoms with Crippen molar-refractivity contribution in [2.24, 2.45) is 5.92 Å². The molecule has 0 bridgehead atoms. The minimum Gasteiger partial charge on any atom is -0.508 e. The molecule has 11 nitrogen and oxygen atoms in total. The number of aliphatic hydroxyl groups excluding tert-OH is 1. The Kier molecular flexibility index (Phi) is 16.6. The minimum absolute atomic E-state index is 0.00252. The molecule has 5 rings (SSSR count). The van der Waals surface area contributed by atoms with E-state index in [0.29, 0.717) is 41.8 Å². The van der Waals surface area contributed by atoms with Gasteiger partial charge in [0.1, 0.15) is 17.3 Å². The van der Waals surface area contributed by atoms with Crippen LogP contribution in [0, 0.1) is 11.7 Å². The number of amides is 2. The molecule has 0 spiro atoms. The molecule has 1 fully saturated rings. The molecule has 2 amide bonds. The number of rotatable bonds is 24. The van der Waals surface area contributed by atoms with Gasteiger partial charge < -0.3 is 30.9 Å². The Morgan fingerprint density at radius 1 is 0.793 bits per heavy atom. The summed E-state index contributed by atoms with van der Waals surface area (Å²) in [6.07, 6.45) is 9.67. The molecule has 4 aromatic rings. The Balaban J connectivity index is 1.08. The minimum atomic E-state index is -3.90. The summed E-state index contributed by atoms with van der Waals surface area (Å²) in [6, 6.07) is 24.5. The van der Waals surface area contributed by atoms with Crippen LogP contribution in [-0.4, -0.2) is 58.9 Å². The highest BCUT2D eigenvalue weighted by atomic mass is 32.2. The predicted octanol–water partition coefficient (Wildman–Crippen LogP) is 8.12. The summed E-state index contributed by atoms with van der Waals surface area (Å²) in [5, 5.41) is 38.2. The molecular formula is C45H56FN3O8S. The summed E-state index contributed by atoms with van der Waals surface area (Å²) in [6.45, 7) is 1.36. The fraction of sp³-hybridized carbons (Fsp3) is 0.422. The number of benzene rings is 4. The van der Waals surface area contributed by atoms with E-state index in [1.807, 2.05) is 36.4 Å². The van der Waals surface area contributed by atoms with Crippen molar-refractivity contribution in [1.29, 1.82) is 0 Å². The van der Waals surface area contributed by atoms with Crippen molar-refractivity contribution in [1.82, 2.24) is 10.6 Å². The normalized spacial score (nSPS) is 15.9. The van der Waals surface area contributed by atoms with Crippen molar-refractivity contribution >= 4 is 27.6 Å². The second kappa shape index (κ2) is 21.8. The van der Waals surface area contributed by atoms with Gasteiger partial charge in [0.05, 0.1) is 23.8 Å². The standard InChI is InChI=1S/C45H56FN3O8S/c46-36-19-16-33(17-20-36)41(51)25-24-40-44(39-23-18-35(30-42(39)52)34-11-10-12-38(50)29-34)49(45(40)54)37-21-14-32(15-22-37)31-48-43(53)13-8-6-4-2-1-3-5-7-9-26-47-27-28-58(55,56)57/h10-12,14-23,29-30,40-41,44,47,50-52H,1-9,13,24-28,31H2,(H,48,53)(H,55,56,57)/t40-,41+,44-/m1/s1. The van der Waals surface area contributed by atoms with Gasteiger partial charge in [0.25, 0.3) is 10.1 Å². The van der Waals surface area contributed by atoms with Gasteiger partial charge in [-0.3, -0.25) is 14.1 Å². The zero-order valence-electron chi connectivity index (χ0n) is 32.9. The molecule has 0 aromatic heterocycles. The van der Waals surface area contributed by atoms with Crippen LogP contribution in [0.1, 0.15) is 106 Å². The third kappa shape index (κ3) is 13.4. The Morgan fingerprint density at radius 2 is 1.45 bits per heavy atom. The first-order valence-corrected chi connectivity index (χ1v) is 21.9. The number of phenols is 2. The number of β-lactam (4-membered cyclic amide) rings is 1. The van der Waals surface area contributed by atoms with Gasteiger partial charge in [-0.05, 0) is 96.9 Å². The van der Waals surface area contributed by atoms with Crippen LogP contribution >= 0.6 is 0 Å². The highest BCUT2D eigenvalue weighted by Gasteiger charge is 2.49. The molecule has 0 saturated carbocycles. The third-order valence-corrected chi connectivity index (χ3v) is 11.5. The fourth-order valence-corrected chi connectivity index (χ4v) is 7.89. The summed E-state index contributed by atoms with van der Waals surface area (Å²) in [4.78, 5) is 28.0. The number of carbonyl (C=O) groups is 2. The zero-order valence-corrected chi connectivity index (χ0v) is 33.7. The van der Waals surface area contributed by atoms with Crippen molar-refractivity contribution in [3.63, 3.8) is 0 Å². The maximum atomic E-state index is 13.8. The molecule has 58 heavy (non-hydrogen) atoms. The molecule has 1 saturated heterocycles. The van der Waals surface area contributed by atoms with Crippen LogP contribution in [0.2, 0.25) is 0 Å². The molecule has 13 heteroatoms. The number of anilines is 1. The molecule has 1 aliphatic rings. The summed E-state index contributed by atoms with van der Waals surface area (Å²) in [5.41, 5.74) is 4.07. The van der Waals surface area contributed by atoms with Crippen LogP contribution < -0.4 is 15.5 Å². The average molecular weight is 818 g/mol. The Hall–Kier alpha value is -4.82. The molecular weight excluding hydrogens is 762 g/mol. The number of aliphatic hydroxyl groups is 1. The number of hydrogen-bond acceptors (Lipinski definition) is 8. The monoisotopic (exact) mass is 817 g/mol. The van der Waals surface area contributed by atoms with Crippen LogP contribution in [0.4, 0.5) is 10.1 Å². The lowest BCUT2D eigenvalue weighted by Crippen LogP contribution is -2.55. The van der Waals surface area contributed by atoms with Crippen molar-refractivity contribution in [3.8, 4) is 22.6 Å². The first kappa shape index (κ1) is 44.3. The number of carbonyl (C=O) groups excluding carboxylic acids is 2. The first-order valence-electron chi connectivity index (χ1n) is 20.3. The molecule has 0 aliphatic carbocycles. The van der Waals surface area contributed by atoms with Gasteiger partial charge in [-0.2, -0.15) is 8.42 Å². The largest absolute Gasteiger partial charge is 0.508 e. The average Bonchev–Trinajstić information content (AvgIpc) is 3.19. The lowest BCUT2D eigenvalue weighted by Gasteiger charge is -2.48. The van der Waals surface area contributed by atoms with Crippen LogP contribution in [0.25, 0.3) is 11.1 Å². The van der Waals surface area contributed by atoms with E-state index in [1.54, 1.807) is 35.2 Å². The van der Waals surface area contributed by atoms with E-state index in [2.05, 4.69) is 10.6 Å². The zero-order chi connectivity index (χ0) is 41.5. The van der Waals surface area contributed by atoms with Crippen molar-refractivity contribution in [3.05, 3.63) is 114 Å². The van der Waals surface area contributed by atoms with E-state index in [9.17, 15) is 37.7 Å². The summed E-state index contributed by atoms with van der Waals surface area (Å²) in [7, 11) is -3.90. The molecule has 1 heterocycles. The van der Waals surface area contributed by atoms with Crippen LogP contribution in [0.5, 0.6) is 11.5 Å². The molecule has 3 atom stereocenters. The molecule has 312 valence electrons. The van der Waals surface area contributed by atoms with E-state index in [0.717, 1.165) is 75.5 Å². The van der Waals surface area contributed by atoms with Gasteiger partial charge in [0, 0.05) is 30.8 Å². The third-order valence-electron chi connectivity index (χ3n) is 10.7. The number of nitrogens with one attached hydrogen (secondary N) is 2. The summed E-state index contributed by atoms with van der Waals surface area (Å²) >= 11 is 0.